The molecule has 2 N–H and O–H groups in total. The molecule has 0 spiro atoms. The largest absolute Gasteiger partial charge is 0.366 e. The van der Waals surface area contributed by atoms with Crippen molar-refractivity contribution in [2.75, 3.05) is 5.32 Å². The predicted octanol–water partition coefficient (Wildman–Crippen LogP) is 2.52. The molecule has 1 aliphatic heterocycles. The first kappa shape index (κ1) is 7.38. The SMILES string of the molecule is C1=CNc2c(ncc3c[nH]cc23)C=C1. The van der Waals surface area contributed by atoms with Crippen LogP contribution in [0.25, 0.3) is 16.8 Å². The van der Waals surface area contributed by atoms with Gasteiger partial charge in [0.05, 0.1) is 11.4 Å². The molecule has 0 bridgehead atoms. The van der Waals surface area contributed by atoms with Crippen molar-refractivity contribution in [3.8, 4) is 0 Å². The first-order valence-corrected chi connectivity index (χ1v) is 4.50. The number of allylic oxidation sites excluding steroid dienone is 2. The van der Waals surface area contributed by atoms with Gasteiger partial charge >= 0.3 is 0 Å². The van der Waals surface area contributed by atoms with Crippen LogP contribution in [0.2, 0.25) is 0 Å². The topological polar surface area (TPSA) is 40.7 Å². The number of nitrogens with one attached hydrogen (secondary N) is 2. The predicted molar refractivity (Wildman–Crippen MR) is 57.9 cm³/mol. The van der Waals surface area contributed by atoms with Gasteiger partial charge in [-0.05, 0) is 12.2 Å². The Morgan fingerprint density at radius 3 is 3.14 bits per heavy atom. The molecule has 0 aliphatic carbocycles. The van der Waals surface area contributed by atoms with Crippen LogP contribution in [0.1, 0.15) is 5.69 Å². The zero-order chi connectivity index (χ0) is 9.38. The fourth-order valence-electron chi connectivity index (χ4n) is 1.65. The second kappa shape index (κ2) is 2.73. The van der Waals surface area contributed by atoms with E-state index in [0.717, 1.165) is 16.8 Å². The highest BCUT2D eigenvalue weighted by Gasteiger charge is 2.07. The van der Waals surface area contributed by atoms with Crippen LogP contribution in [0.5, 0.6) is 0 Å². The fourth-order valence-corrected chi connectivity index (χ4v) is 1.65. The number of aromatic amines is 1. The molecule has 0 aromatic carbocycles. The summed E-state index contributed by atoms with van der Waals surface area (Å²) in [5.41, 5.74) is 2.04. The molecule has 0 saturated heterocycles. The third-order valence-corrected chi connectivity index (χ3v) is 2.33. The average Bonchev–Trinajstić information content (AvgIpc) is 2.55. The van der Waals surface area contributed by atoms with Gasteiger partial charge in [0.15, 0.2) is 0 Å². The van der Waals surface area contributed by atoms with Gasteiger partial charge in [0.25, 0.3) is 0 Å². The Kier molecular flexibility index (Phi) is 1.44. The Hall–Kier alpha value is -2.03. The molecule has 0 fully saturated rings. The maximum Gasteiger partial charge on any atom is 0.0871 e. The smallest absolute Gasteiger partial charge is 0.0871 e. The van der Waals surface area contributed by atoms with Crippen LogP contribution in [0.3, 0.4) is 0 Å². The van der Waals surface area contributed by atoms with E-state index in [9.17, 15) is 0 Å². The lowest BCUT2D eigenvalue weighted by Gasteiger charge is -2.04. The van der Waals surface area contributed by atoms with E-state index >= 15 is 0 Å². The second-order valence-corrected chi connectivity index (χ2v) is 3.21. The number of aromatic nitrogens is 2. The highest BCUT2D eigenvalue weighted by atomic mass is 14.9. The number of pyridine rings is 1. The Bertz CT molecular complexity index is 534. The standard InChI is InChI=1S/C11H9N3/c1-2-4-13-11-9-7-12-5-8(9)6-14-10(11)3-1/h1-7,12-13H. The van der Waals surface area contributed by atoms with Crippen LogP contribution in [0, 0.1) is 0 Å². The minimum absolute atomic E-state index is 0.974. The first-order valence-electron chi connectivity index (χ1n) is 4.50. The minimum Gasteiger partial charge on any atom is -0.366 e. The first-order chi connectivity index (χ1) is 6.95. The van der Waals surface area contributed by atoms with Crippen LogP contribution < -0.4 is 5.32 Å². The van der Waals surface area contributed by atoms with E-state index in [0.29, 0.717) is 0 Å². The van der Waals surface area contributed by atoms with Gasteiger partial charge in [0, 0.05) is 35.6 Å². The van der Waals surface area contributed by atoms with Gasteiger partial charge in [-0.25, -0.2) is 0 Å². The van der Waals surface area contributed by atoms with E-state index in [2.05, 4.69) is 15.3 Å². The Labute approximate surface area is 81.2 Å². The Balaban J connectivity index is 2.38. The van der Waals surface area contributed by atoms with Gasteiger partial charge in [0.2, 0.25) is 0 Å². The van der Waals surface area contributed by atoms with Crippen molar-refractivity contribution in [2.45, 2.75) is 0 Å². The van der Waals surface area contributed by atoms with Crippen molar-refractivity contribution in [1.29, 1.82) is 0 Å². The van der Waals surface area contributed by atoms with Crippen molar-refractivity contribution in [1.82, 2.24) is 9.97 Å². The van der Waals surface area contributed by atoms with Gasteiger partial charge < -0.3 is 10.3 Å². The van der Waals surface area contributed by atoms with E-state index in [-0.39, 0.29) is 0 Å². The van der Waals surface area contributed by atoms with E-state index in [1.54, 1.807) is 0 Å². The number of hydrogen-bond acceptors (Lipinski definition) is 2. The molecule has 0 unspecified atom stereocenters. The molecule has 14 heavy (non-hydrogen) atoms. The fraction of sp³-hybridized carbons (Fsp3) is 0. The summed E-state index contributed by atoms with van der Waals surface area (Å²) in [5.74, 6) is 0. The van der Waals surface area contributed by atoms with E-state index in [4.69, 9.17) is 0 Å². The molecule has 0 amide bonds. The molecular weight excluding hydrogens is 174 g/mol. The molecule has 0 radical (unpaired) electrons. The number of H-pyrrole nitrogens is 1. The van der Waals surface area contributed by atoms with Crippen molar-refractivity contribution < 1.29 is 0 Å². The number of fused-ring (bicyclic) bond motifs is 3. The van der Waals surface area contributed by atoms with Crippen molar-refractivity contribution in [2.24, 2.45) is 0 Å². The average molecular weight is 183 g/mol. The third kappa shape index (κ3) is 0.956. The van der Waals surface area contributed by atoms with Gasteiger partial charge in [-0.3, -0.25) is 4.98 Å². The zero-order valence-electron chi connectivity index (χ0n) is 7.49. The number of nitrogens with zero attached hydrogens (tertiary/aromatic N) is 1. The van der Waals surface area contributed by atoms with E-state index in [1.807, 2.05) is 43.0 Å². The number of anilines is 1. The molecule has 3 nitrogen and oxygen atoms in total. The molecule has 2 aromatic rings. The molecule has 1 aliphatic rings. The maximum absolute atomic E-state index is 4.37. The number of rotatable bonds is 0. The molecule has 3 heterocycles. The highest BCUT2D eigenvalue weighted by molar-refractivity contribution is 5.96. The van der Waals surface area contributed by atoms with E-state index in [1.165, 1.54) is 5.39 Å². The Morgan fingerprint density at radius 2 is 2.14 bits per heavy atom. The summed E-state index contributed by atoms with van der Waals surface area (Å²) in [6.07, 6.45) is 13.7. The van der Waals surface area contributed by atoms with Crippen molar-refractivity contribution >= 4 is 22.5 Å². The van der Waals surface area contributed by atoms with Gasteiger partial charge in [-0.15, -0.1) is 0 Å². The van der Waals surface area contributed by atoms with E-state index < -0.39 is 0 Å². The van der Waals surface area contributed by atoms with Crippen LogP contribution in [0.15, 0.2) is 36.9 Å². The summed E-state index contributed by atoms with van der Waals surface area (Å²) in [7, 11) is 0. The molecule has 0 saturated carbocycles. The summed E-state index contributed by atoms with van der Waals surface area (Å²) in [5, 5.41) is 5.53. The molecule has 3 heteroatoms. The zero-order valence-corrected chi connectivity index (χ0v) is 7.49. The van der Waals surface area contributed by atoms with Crippen LogP contribution in [-0.4, -0.2) is 9.97 Å². The molecule has 68 valence electrons. The van der Waals surface area contributed by atoms with Gasteiger partial charge in [0.1, 0.15) is 0 Å². The van der Waals surface area contributed by atoms with Gasteiger partial charge in [-0.1, -0.05) is 6.08 Å². The molecular formula is C11H9N3. The summed E-state index contributed by atoms with van der Waals surface area (Å²) < 4.78 is 0. The Morgan fingerprint density at radius 1 is 1.14 bits per heavy atom. The third-order valence-electron chi connectivity index (χ3n) is 2.33. The summed E-state index contributed by atoms with van der Waals surface area (Å²) in [4.78, 5) is 7.45. The highest BCUT2D eigenvalue weighted by Crippen LogP contribution is 2.27. The summed E-state index contributed by atoms with van der Waals surface area (Å²) >= 11 is 0. The quantitative estimate of drug-likeness (QED) is 0.658. The second-order valence-electron chi connectivity index (χ2n) is 3.21. The monoisotopic (exact) mass is 183 g/mol. The summed E-state index contributed by atoms with van der Waals surface area (Å²) in [6, 6.07) is 0. The maximum atomic E-state index is 4.37. The van der Waals surface area contributed by atoms with Crippen LogP contribution in [0.4, 0.5) is 5.69 Å². The van der Waals surface area contributed by atoms with Crippen molar-refractivity contribution in [3.05, 3.63) is 42.6 Å². The lowest BCUT2D eigenvalue weighted by Crippen LogP contribution is -1.92. The normalized spacial score (nSPS) is 13.7. The molecule has 2 aromatic heterocycles. The molecule has 3 rings (SSSR count). The molecule has 0 atom stereocenters. The number of hydrogen-bond donors (Lipinski definition) is 2. The van der Waals surface area contributed by atoms with Crippen LogP contribution >= 0.6 is 0 Å². The van der Waals surface area contributed by atoms with Crippen LogP contribution in [-0.2, 0) is 0 Å². The minimum atomic E-state index is 0.974. The lowest BCUT2D eigenvalue weighted by molar-refractivity contribution is 1.33. The van der Waals surface area contributed by atoms with Crippen molar-refractivity contribution in [3.63, 3.8) is 0 Å². The van der Waals surface area contributed by atoms with Gasteiger partial charge in [-0.2, -0.15) is 0 Å². The summed E-state index contributed by atoms with van der Waals surface area (Å²) in [6.45, 7) is 0. The lowest BCUT2D eigenvalue weighted by atomic mass is 10.2.